The van der Waals surface area contributed by atoms with Crippen molar-refractivity contribution in [2.45, 2.75) is 0 Å². The van der Waals surface area contributed by atoms with Crippen molar-refractivity contribution < 1.29 is 4.42 Å². The summed E-state index contributed by atoms with van der Waals surface area (Å²) in [4.78, 5) is 14.8. The number of benzene rings is 9. The SMILES string of the molecule is c1ccc(-c2nc(-c3ccccc3)nc(-c3ccc4c(c3)oc3ccc(-n5c6ccccc6c6c7ccc8cccc9ccc(cc65)c7c98)cc34)n2)cc1. The quantitative estimate of drug-likeness (QED) is 0.173. The Balaban J connectivity index is 1.04. The maximum atomic E-state index is 6.54. The molecule has 12 aromatic rings. The van der Waals surface area contributed by atoms with E-state index in [1.54, 1.807) is 0 Å². The van der Waals surface area contributed by atoms with E-state index in [1.807, 2.05) is 60.7 Å². The van der Waals surface area contributed by atoms with Crippen LogP contribution in [0.4, 0.5) is 0 Å². The lowest BCUT2D eigenvalue weighted by Crippen LogP contribution is -2.00. The minimum atomic E-state index is 0.598. The smallest absolute Gasteiger partial charge is 0.164 e. The molecule has 9 aromatic carbocycles. The topological polar surface area (TPSA) is 56.7 Å². The molecule has 54 heavy (non-hydrogen) atoms. The van der Waals surface area contributed by atoms with E-state index in [9.17, 15) is 0 Å². The maximum absolute atomic E-state index is 6.54. The fraction of sp³-hybridized carbons (Fsp3) is 0. The lowest BCUT2D eigenvalue weighted by atomic mass is 9.92. The molecular weight excluding hydrogens is 661 g/mol. The van der Waals surface area contributed by atoms with Crippen LogP contribution in [-0.2, 0) is 0 Å². The van der Waals surface area contributed by atoms with E-state index < -0.39 is 0 Å². The zero-order chi connectivity index (χ0) is 35.3. The van der Waals surface area contributed by atoms with Crippen molar-refractivity contribution in [3.8, 4) is 39.9 Å². The third kappa shape index (κ3) is 4.24. The second-order valence-electron chi connectivity index (χ2n) is 14.0. The Morgan fingerprint density at radius 1 is 0.352 bits per heavy atom. The van der Waals surface area contributed by atoms with Gasteiger partial charge in [-0.2, -0.15) is 0 Å². The summed E-state index contributed by atoms with van der Waals surface area (Å²) >= 11 is 0. The average molecular weight is 689 g/mol. The lowest BCUT2D eigenvalue weighted by molar-refractivity contribution is 0.669. The first-order valence-electron chi connectivity index (χ1n) is 18.2. The highest BCUT2D eigenvalue weighted by atomic mass is 16.3. The molecule has 5 nitrogen and oxygen atoms in total. The van der Waals surface area contributed by atoms with E-state index in [0.29, 0.717) is 17.5 Å². The summed E-state index contributed by atoms with van der Waals surface area (Å²) in [6, 6.07) is 59.7. The minimum absolute atomic E-state index is 0.598. The van der Waals surface area contributed by atoms with Crippen LogP contribution in [-0.4, -0.2) is 19.5 Å². The monoisotopic (exact) mass is 688 g/mol. The lowest BCUT2D eigenvalue weighted by Gasteiger charge is -2.13. The molecule has 0 radical (unpaired) electrons. The number of para-hydroxylation sites is 1. The first-order valence-corrected chi connectivity index (χ1v) is 18.2. The zero-order valence-electron chi connectivity index (χ0n) is 28.9. The Hall–Kier alpha value is -7.37. The molecule has 0 amide bonds. The molecule has 0 spiro atoms. The molecule has 0 aliphatic rings. The van der Waals surface area contributed by atoms with Crippen molar-refractivity contribution >= 4 is 76.1 Å². The highest BCUT2D eigenvalue weighted by Gasteiger charge is 2.20. The molecule has 0 aliphatic carbocycles. The molecule has 0 N–H and O–H groups in total. The third-order valence-electron chi connectivity index (χ3n) is 11.0. The molecule has 0 saturated heterocycles. The van der Waals surface area contributed by atoms with Gasteiger partial charge in [-0.1, -0.05) is 127 Å². The van der Waals surface area contributed by atoms with Crippen LogP contribution < -0.4 is 0 Å². The number of hydrogen-bond acceptors (Lipinski definition) is 4. The number of fused-ring (bicyclic) bond motifs is 7. The zero-order valence-corrected chi connectivity index (χ0v) is 28.9. The van der Waals surface area contributed by atoms with Crippen molar-refractivity contribution in [2.75, 3.05) is 0 Å². The first kappa shape index (κ1) is 29.2. The fourth-order valence-corrected chi connectivity index (χ4v) is 8.52. The van der Waals surface area contributed by atoms with Crippen LogP contribution >= 0.6 is 0 Å². The van der Waals surface area contributed by atoms with Crippen LogP contribution in [0.2, 0.25) is 0 Å². The van der Waals surface area contributed by atoms with Gasteiger partial charge in [0.25, 0.3) is 0 Å². The number of hydrogen-bond donors (Lipinski definition) is 0. The van der Waals surface area contributed by atoms with Crippen LogP contribution in [0.15, 0.2) is 174 Å². The molecule has 12 rings (SSSR count). The summed E-state index contributed by atoms with van der Waals surface area (Å²) in [7, 11) is 0. The van der Waals surface area contributed by atoms with Crippen LogP contribution in [0.1, 0.15) is 0 Å². The fourth-order valence-electron chi connectivity index (χ4n) is 8.52. The Labute approximate surface area is 308 Å². The molecule has 3 aromatic heterocycles. The first-order chi connectivity index (χ1) is 26.7. The summed E-state index contributed by atoms with van der Waals surface area (Å²) in [5.41, 5.74) is 7.81. The second kappa shape index (κ2) is 11.1. The van der Waals surface area contributed by atoms with Gasteiger partial charge in [0.15, 0.2) is 17.5 Å². The molecule has 3 heterocycles. The molecule has 0 atom stereocenters. The van der Waals surface area contributed by atoms with E-state index in [1.165, 1.54) is 54.1 Å². The van der Waals surface area contributed by atoms with Crippen molar-refractivity contribution in [3.63, 3.8) is 0 Å². The van der Waals surface area contributed by atoms with Gasteiger partial charge in [-0.05, 0) is 74.8 Å². The van der Waals surface area contributed by atoms with E-state index in [4.69, 9.17) is 19.4 Å². The van der Waals surface area contributed by atoms with Gasteiger partial charge in [0.05, 0.1) is 11.0 Å². The maximum Gasteiger partial charge on any atom is 0.164 e. The van der Waals surface area contributed by atoms with E-state index >= 15 is 0 Å². The standard InChI is InChI=1S/C49H28N4O/c1-3-10-31(11-4-1)47-50-48(32-12-5-2-6-13-32)52-49(51-47)34-21-23-36-39-28-35(22-25-42(39)54-43(36)27-34)53-40-17-8-7-16-37(40)46-38-24-20-30-15-9-14-29-18-19-33(26-41(46)53)45(38)44(29)30/h1-28H. The molecule has 5 heteroatoms. The Morgan fingerprint density at radius 2 is 1.00 bits per heavy atom. The molecule has 0 aliphatic heterocycles. The Bertz CT molecular complexity index is 3360. The third-order valence-corrected chi connectivity index (χ3v) is 11.0. The van der Waals surface area contributed by atoms with E-state index in [2.05, 4.69) is 114 Å². The van der Waals surface area contributed by atoms with Crippen LogP contribution in [0, 0.1) is 0 Å². The van der Waals surface area contributed by atoms with Crippen molar-refractivity contribution in [1.29, 1.82) is 0 Å². The highest BCUT2D eigenvalue weighted by molar-refractivity contribution is 6.33. The average Bonchev–Trinajstić information content (AvgIpc) is 3.78. The minimum Gasteiger partial charge on any atom is -0.456 e. The summed E-state index contributed by atoms with van der Waals surface area (Å²) < 4.78 is 8.95. The van der Waals surface area contributed by atoms with E-state index in [-0.39, 0.29) is 0 Å². The normalized spacial score (nSPS) is 12.1. The Morgan fingerprint density at radius 3 is 1.76 bits per heavy atom. The molecule has 250 valence electrons. The number of furan rings is 1. The van der Waals surface area contributed by atoms with Gasteiger partial charge in [-0.25, -0.2) is 15.0 Å². The summed E-state index contributed by atoms with van der Waals surface area (Å²) in [6.45, 7) is 0. The summed E-state index contributed by atoms with van der Waals surface area (Å²) in [6.07, 6.45) is 0. The van der Waals surface area contributed by atoms with Gasteiger partial charge < -0.3 is 8.98 Å². The largest absolute Gasteiger partial charge is 0.456 e. The molecule has 0 bridgehead atoms. The Kier molecular flexibility index (Phi) is 5.99. The second-order valence-corrected chi connectivity index (χ2v) is 14.0. The van der Waals surface area contributed by atoms with Gasteiger partial charge in [0.1, 0.15) is 11.2 Å². The van der Waals surface area contributed by atoms with Crippen molar-refractivity contribution in [1.82, 2.24) is 19.5 Å². The van der Waals surface area contributed by atoms with Crippen LogP contribution in [0.5, 0.6) is 0 Å². The van der Waals surface area contributed by atoms with Gasteiger partial charge in [0, 0.05) is 43.9 Å². The van der Waals surface area contributed by atoms with Crippen molar-refractivity contribution in [2.24, 2.45) is 0 Å². The predicted octanol–water partition coefficient (Wildman–Crippen LogP) is 12.8. The number of nitrogens with zero attached hydrogens (tertiary/aromatic N) is 4. The van der Waals surface area contributed by atoms with Crippen LogP contribution in [0.3, 0.4) is 0 Å². The molecular formula is C49H28N4O. The number of aromatic nitrogens is 4. The molecule has 0 unspecified atom stereocenters. The predicted molar refractivity (Wildman–Crippen MR) is 221 cm³/mol. The number of rotatable bonds is 4. The summed E-state index contributed by atoms with van der Waals surface area (Å²) in [5.74, 6) is 1.86. The van der Waals surface area contributed by atoms with Crippen LogP contribution in [0.25, 0.3) is 116 Å². The highest BCUT2D eigenvalue weighted by Crippen LogP contribution is 2.44. The van der Waals surface area contributed by atoms with E-state index in [0.717, 1.165) is 44.3 Å². The van der Waals surface area contributed by atoms with Crippen molar-refractivity contribution in [3.05, 3.63) is 170 Å². The van der Waals surface area contributed by atoms with Gasteiger partial charge in [0.2, 0.25) is 0 Å². The molecule has 0 fully saturated rings. The van der Waals surface area contributed by atoms with Gasteiger partial charge in [-0.15, -0.1) is 0 Å². The van der Waals surface area contributed by atoms with Gasteiger partial charge in [-0.3, -0.25) is 0 Å². The van der Waals surface area contributed by atoms with Gasteiger partial charge >= 0.3 is 0 Å². The summed E-state index contributed by atoms with van der Waals surface area (Å²) in [5, 5.41) is 12.4. The molecule has 0 saturated carbocycles.